The van der Waals surface area contributed by atoms with Crippen LogP contribution in [-0.4, -0.2) is 55.5 Å². The average Bonchev–Trinajstić information content (AvgIpc) is 3.37. The fourth-order valence-electron chi connectivity index (χ4n) is 5.04. The number of carbonyl (C=O) groups is 1. The molecule has 0 bridgehead atoms. The summed E-state index contributed by atoms with van der Waals surface area (Å²) < 4.78 is 40.4. The summed E-state index contributed by atoms with van der Waals surface area (Å²) in [6, 6.07) is 12.9. The average molecular weight is 548 g/mol. The van der Waals surface area contributed by atoms with E-state index < -0.39 is 12.5 Å². The number of alkyl halides is 2. The first kappa shape index (κ1) is 27.7. The summed E-state index contributed by atoms with van der Waals surface area (Å²) in [7, 11) is 3.09. The predicted octanol–water partition coefficient (Wildman–Crippen LogP) is 4.83. The number of anilines is 1. The maximum atomic E-state index is 14.2. The van der Waals surface area contributed by atoms with Crippen LogP contribution < -0.4 is 25.4 Å². The summed E-state index contributed by atoms with van der Waals surface area (Å²) in [5.41, 5.74) is 2.53. The Bertz CT molecular complexity index is 1270. The van der Waals surface area contributed by atoms with Crippen molar-refractivity contribution in [3.63, 3.8) is 0 Å². The van der Waals surface area contributed by atoms with Gasteiger partial charge in [-0.25, -0.2) is 13.5 Å². The number of piperidine rings is 1. The molecule has 3 atom stereocenters. The fraction of sp³-hybridized carbons (Fsp3) is 0.407. The third-order valence-corrected chi connectivity index (χ3v) is 7.00. The van der Waals surface area contributed by atoms with Crippen molar-refractivity contribution >= 4 is 24.1 Å². The zero-order valence-corrected chi connectivity index (χ0v) is 22.1. The van der Waals surface area contributed by atoms with E-state index in [0.717, 1.165) is 31.5 Å². The molecule has 1 amide bonds. The maximum Gasteiger partial charge on any atom is 0.260 e. The van der Waals surface area contributed by atoms with Gasteiger partial charge in [-0.15, -0.1) is 12.4 Å². The number of hydrogen-bond acceptors (Lipinski definition) is 6. The van der Waals surface area contributed by atoms with Crippen molar-refractivity contribution in [1.82, 2.24) is 20.4 Å². The molecule has 204 valence electrons. The summed E-state index contributed by atoms with van der Waals surface area (Å²) in [6.07, 6.45) is -0.487. The number of nitrogens with zero attached hydrogens (tertiary/aromatic N) is 2. The lowest BCUT2D eigenvalue weighted by atomic mass is 9.97. The lowest BCUT2D eigenvalue weighted by Gasteiger charge is -2.32. The summed E-state index contributed by atoms with van der Waals surface area (Å²) in [4.78, 5) is 12.8. The molecule has 3 aromatic rings. The summed E-state index contributed by atoms with van der Waals surface area (Å²) in [5.74, 6) is 1.45. The molecule has 1 fully saturated rings. The third-order valence-electron chi connectivity index (χ3n) is 7.00. The third kappa shape index (κ3) is 5.71. The molecule has 0 spiro atoms. The molecular weight excluding hydrogens is 516 g/mol. The minimum absolute atomic E-state index is 0. The van der Waals surface area contributed by atoms with Crippen LogP contribution >= 0.6 is 12.4 Å². The van der Waals surface area contributed by atoms with E-state index in [1.54, 1.807) is 50.6 Å². The van der Waals surface area contributed by atoms with Gasteiger partial charge in [0.15, 0.2) is 11.5 Å². The highest BCUT2D eigenvalue weighted by Gasteiger charge is 2.35. The summed E-state index contributed by atoms with van der Waals surface area (Å²) in [5, 5.41) is 14.2. The first-order valence-corrected chi connectivity index (χ1v) is 12.4. The molecule has 2 aliphatic rings. The molecular formula is C27H32ClF2N5O3. The Morgan fingerprint density at radius 1 is 1.13 bits per heavy atom. The molecule has 0 saturated carbocycles. The number of rotatable bonds is 7. The zero-order valence-electron chi connectivity index (χ0n) is 21.2. The fourth-order valence-corrected chi connectivity index (χ4v) is 5.04. The van der Waals surface area contributed by atoms with Crippen LogP contribution in [0.4, 0.5) is 14.6 Å². The molecule has 0 aliphatic carbocycles. The number of methoxy groups -OCH3 is 2. The highest BCUT2D eigenvalue weighted by atomic mass is 35.5. The van der Waals surface area contributed by atoms with Crippen molar-refractivity contribution in [2.75, 3.05) is 32.6 Å². The Morgan fingerprint density at radius 3 is 2.66 bits per heavy atom. The molecule has 2 unspecified atom stereocenters. The molecule has 38 heavy (non-hydrogen) atoms. The van der Waals surface area contributed by atoms with Crippen LogP contribution in [0.5, 0.6) is 11.5 Å². The minimum atomic E-state index is -2.60. The van der Waals surface area contributed by atoms with Gasteiger partial charge in [0.05, 0.1) is 26.0 Å². The van der Waals surface area contributed by atoms with Crippen LogP contribution in [0.1, 0.15) is 47.3 Å². The Labute approximate surface area is 226 Å². The van der Waals surface area contributed by atoms with E-state index in [1.165, 1.54) is 4.68 Å². The van der Waals surface area contributed by atoms with Gasteiger partial charge in [0.2, 0.25) is 0 Å². The van der Waals surface area contributed by atoms with Gasteiger partial charge in [-0.05, 0) is 55.6 Å². The Hall–Kier alpha value is -3.37. The normalized spacial score (nSPS) is 20.6. The smallest absolute Gasteiger partial charge is 0.260 e. The molecule has 1 aromatic heterocycles. The first-order chi connectivity index (χ1) is 18.0. The largest absolute Gasteiger partial charge is 0.493 e. The molecule has 1 saturated heterocycles. The van der Waals surface area contributed by atoms with Gasteiger partial charge < -0.3 is 25.4 Å². The molecule has 11 heteroatoms. The van der Waals surface area contributed by atoms with Crippen molar-refractivity contribution in [2.45, 2.75) is 43.8 Å². The highest BCUT2D eigenvalue weighted by Crippen LogP contribution is 2.41. The van der Waals surface area contributed by atoms with Gasteiger partial charge in [-0.2, -0.15) is 5.10 Å². The van der Waals surface area contributed by atoms with E-state index in [2.05, 4.69) is 21.0 Å². The van der Waals surface area contributed by atoms with Gasteiger partial charge in [0.25, 0.3) is 12.3 Å². The Morgan fingerprint density at radius 2 is 1.95 bits per heavy atom. The lowest BCUT2D eigenvalue weighted by molar-refractivity contribution is 0.0659. The van der Waals surface area contributed by atoms with Crippen molar-refractivity contribution in [3.8, 4) is 22.8 Å². The minimum Gasteiger partial charge on any atom is -0.493 e. The summed E-state index contributed by atoms with van der Waals surface area (Å²) in [6.45, 7) is 1.72. The van der Waals surface area contributed by atoms with Gasteiger partial charge in [0, 0.05) is 29.8 Å². The number of carbonyl (C=O) groups excluding carboxylic acids is 1. The molecule has 8 nitrogen and oxygen atoms in total. The van der Waals surface area contributed by atoms with E-state index in [0.29, 0.717) is 34.1 Å². The van der Waals surface area contributed by atoms with Crippen molar-refractivity contribution in [3.05, 3.63) is 59.7 Å². The number of ether oxygens (including phenoxy) is 2. The van der Waals surface area contributed by atoms with Crippen LogP contribution in [0.3, 0.4) is 0 Å². The highest BCUT2D eigenvalue weighted by molar-refractivity contribution is 5.95. The van der Waals surface area contributed by atoms with Gasteiger partial charge in [-0.1, -0.05) is 18.2 Å². The molecule has 0 radical (unpaired) electrons. The second-order valence-electron chi connectivity index (χ2n) is 9.41. The quantitative estimate of drug-likeness (QED) is 0.392. The Balaban J connectivity index is 0.00000336. The van der Waals surface area contributed by atoms with Crippen molar-refractivity contribution in [2.24, 2.45) is 0 Å². The zero-order chi connectivity index (χ0) is 25.9. The van der Waals surface area contributed by atoms with Crippen molar-refractivity contribution in [1.29, 1.82) is 0 Å². The van der Waals surface area contributed by atoms with E-state index in [9.17, 15) is 13.6 Å². The topological polar surface area (TPSA) is 89.4 Å². The van der Waals surface area contributed by atoms with E-state index >= 15 is 0 Å². The van der Waals surface area contributed by atoms with Gasteiger partial charge in [-0.3, -0.25) is 4.79 Å². The first-order valence-electron chi connectivity index (χ1n) is 12.4. The number of amides is 1. The van der Waals surface area contributed by atoms with Crippen LogP contribution in [0.2, 0.25) is 0 Å². The molecule has 2 aliphatic heterocycles. The molecule has 3 N–H and O–H groups in total. The molecule has 5 rings (SSSR count). The SMILES string of the molecule is COc1ccc(C2CC(C(F)F)n3nc(-c4cccc(C(=O)N[C@@H]5CCCNC5)c4)cc3N2)cc1OC.Cl. The van der Waals surface area contributed by atoms with Crippen LogP contribution in [-0.2, 0) is 0 Å². The number of aromatic nitrogens is 2. The number of nitrogens with one attached hydrogen (secondary N) is 3. The van der Waals surface area contributed by atoms with E-state index in [1.807, 2.05) is 12.1 Å². The maximum absolute atomic E-state index is 14.2. The summed E-state index contributed by atoms with van der Waals surface area (Å²) >= 11 is 0. The van der Waals surface area contributed by atoms with E-state index in [4.69, 9.17) is 9.47 Å². The molecule has 2 aromatic carbocycles. The second kappa shape index (κ2) is 12.0. The number of halogens is 3. The lowest BCUT2D eigenvalue weighted by Crippen LogP contribution is -2.45. The molecule has 3 heterocycles. The number of hydrogen-bond donors (Lipinski definition) is 3. The number of benzene rings is 2. The van der Waals surface area contributed by atoms with Gasteiger partial charge >= 0.3 is 0 Å². The second-order valence-corrected chi connectivity index (χ2v) is 9.41. The Kier molecular flexibility index (Phi) is 8.73. The van der Waals surface area contributed by atoms with Crippen LogP contribution in [0, 0.1) is 0 Å². The number of fused-ring (bicyclic) bond motifs is 1. The predicted molar refractivity (Wildman–Crippen MR) is 144 cm³/mol. The van der Waals surface area contributed by atoms with E-state index in [-0.39, 0.29) is 36.8 Å². The van der Waals surface area contributed by atoms with Gasteiger partial charge in [0.1, 0.15) is 11.9 Å². The van der Waals surface area contributed by atoms with Crippen LogP contribution in [0.15, 0.2) is 48.5 Å². The monoisotopic (exact) mass is 547 g/mol. The van der Waals surface area contributed by atoms with Crippen LogP contribution in [0.25, 0.3) is 11.3 Å². The standard InChI is InChI=1S/C27H31F2N5O3.ClH/c1-36-23-9-8-17(12-24(23)37-2)20-13-22(26(28)29)34-25(32-20)14-21(33-34)16-5-3-6-18(11-16)27(35)31-19-7-4-10-30-15-19;/h3,5-6,8-9,11-12,14,19-20,22,26,30,32H,4,7,10,13,15H2,1-2H3,(H,31,35);1H/t19-,20?,22?;/m1./s1. The van der Waals surface area contributed by atoms with Crippen molar-refractivity contribution < 1.29 is 23.0 Å².